The number of guanidine groups is 1. The van der Waals surface area contributed by atoms with Crippen LogP contribution in [0, 0.1) is 0 Å². The summed E-state index contributed by atoms with van der Waals surface area (Å²) in [4.78, 5) is 8.52. The Morgan fingerprint density at radius 1 is 1.56 bits per heavy atom. The molecule has 98 valence electrons. The third-order valence-electron chi connectivity index (χ3n) is 2.90. The molecule has 0 aromatic carbocycles. The van der Waals surface area contributed by atoms with Crippen LogP contribution in [0.2, 0.25) is 0 Å². The van der Waals surface area contributed by atoms with Gasteiger partial charge in [0.25, 0.3) is 0 Å². The first-order valence-electron chi connectivity index (χ1n) is 6.40. The monoisotopic (exact) mass is 248 g/mol. The van der Waals surface area contributed by atoms with Gasteiger partial charge < -0.3 is 15.8 Å². The van der Waals surface area contributed by atoms with E-state index < -0.39 is 0 Å². The number of nitrogens with two attached hydrogens (primary N) is 1. The normalized spacial score (nSPS) is 20.0. The molecule has 0 spiro atoms. The van der Waals surface area contributed by atoms with E-state index in [1.54, 1.807) is 6.20 Å². The lowest BCUT2D eigenvalue weighted by Gasteiger charge is -2.08. The van der Waals surface area contributed by atoms with Crippen LogP contribution in [-0.2, 0) is 11.2 Å². The molecule has 1 fully saturated rings. The van der Waals surface area contributed by atoms with Gasteiger partial charge in [0.2, 0.25) is 0 Å². The molecule has 1 aliphatic rings. The molecule has 0 bridgehead atoms. The fraction of sp³-hybridized carbons (Fsp3) is 0.538. The highest BCUT2D eigenvalue weighted by Crippen LogP contribution is 2.11. The predicted molar refractivity (Wildman–Crippen MR) is 71.4 cm³/mol. The Kier molecular flexibility index (Phi) is 4.96. The zero-order valence-electron chi connectivity index (χ0n) is 10.5. The Morgan fingerprint density at radius 2 is 2.50 bits per heavy atom. The van der Waals surface area contributed by atoms with Gasteiger partial charge in [0.1, 0.15) is 0 Å². The molecule has 18 heavy (non-hydrogen) atoms. The maximum Gasteiger partial charge on any atom is 0.188 e. The van der Waals surface area contributed by atoms with E-state index in [1.807, 2.05) is 18.2 Å². The fourth-order valence-electron chi connectivity index (χ4n) is 1.91. The van der Waals surface area contributed by atoms with Crippen LogP contribution in [0.5, 0.6) is 0 Å². The Balaban J connectivity index is 1.64. The van der Waals surface area contributed by atoms with Gasteiger partial charge in [-0.1, -0.05) is 6.07 Å². The summed E-state index contributed by atoms with van der Waals surface area (Å²) in [5, 5.41) is 3.09. The zero-order valence-corrected chi connectivity index (χ0v) is 10.5. The molecular weight excluding hydrogens is 228 g/mol. The maximum atomic E-state index is 5.78. The Labute approximate surface area is 107 Å². The number of nitrogens with one attached hydrogen (secondary N) is 1. The molecule has 1 aromatic rings. The lowest BCUT2D eigenvalue weighted by atomic mass is 10.2. The van der Waals surface area contributed by atoms with Crippen molar-refractivity contribution in [1.82, 2.24) is 10.3 Å². The lowest BCUT2D eigenvalue weighted by molar-refractivity contribution is 0.118. The van der Waals surface area contributed by atoms with Crippen LogP contribution in [-0.4, -0.2) is 36.7 Å². The molecule has 0 amide bonds. The molecule has 1 aliphatic heterocycles. The first kappa shape index (κ1) is 12.8. The molecule has 0 aliphatic carbocycles. The van der Waals surface area contributed by atoms with Crippen LogP contribution in [0.4, 0.5) is 0 Å². The van der Waals surface area contributed by atoms with Crippen molar-refractivity contribution >= 4 is 5.96 Å². The second-order valence-corrected chi connectivity index (χ2v) is 4.36. The summed E-state index contributed by atoms with van der Waals surface area (Å²) in [7, 11) is 0. The minimum Gasteiger partial charge on any atom is -0.376 e. The largest absolute Gasteiger partial charge is 0.376 e. The molecule has 1 unspecified atom stereocenters. The number of ether oxygens (including phenoxy) is 1. The Morgan fingerprint density at radius 3 is 3.22 bits per heavy atom. The van der Waals surface area contributed by atoms with Gasteiger partial charge in [-0.25, -0.2) is 0 Å². The Bertz CT molecular complexity index is 374. The highest BCUT2D eigenvalue weighted by molar-refractivity contribution is 5.77. The van der Waals surface area contributed by atoms with Crippen LogP contribution < -0.4 is 11.1 Å². The number of hydrogen-bond acceptors (Lipinski definition) is 3. The molecule has 2 rings (SSSR count). The van der Waals surface area contributed by atoms with Gasteiger partial charge in [-0.2, -0.15) is 0 Å². The van der Waals surface area contributed by atoms with E-state index in [1.165, 1.54) is 0 Å². The number of aromatic nitrogens is 1. The second-order valence-electron chi connectivity index (χ2n) is 4.36. The summed E-state index contributed by atoms with van der Waals surface area (Å²) < 4.78 is 5.48. The Hall–Kier alpha value is -1.62. The van der Waals surface area contributed by atoms with Gasteiger partial charge in [-0.3, -0.25) is 9.98 Å². The van der Waals surface area contributed by atoms with Crippen molar-refractivity contribution in [3.05, 3.63) is 30.1 Å². The van der Waals surface area contributed by atoms with Gasteiger partial charge in [-0.15, -0.1) is 0 Å². The minimum absolute atomic E-state index is 0.251. The lowest BCUT2D eigenvalue weighted by Crippen LogP contribution is -2.34. The summed E-state index contributed by atoms with van der Waals surface area (Å²) in [6, 6.07) is 5.90. The second kappa shape index (κ2) is 6.96. The maximum absolute atomic E-state index is 5.78. The number of hydrogen-bond donors (Lipinski definition) is 2. The van der Waals surface area contributed by atoms with Crippen LogP contribution in [0.15, 0.2) is 29.4 Å². The topological polar surface area (TPSA) is 72.5 Å². The third-order valence-corrected chi connectivity index (χ3v) is 2.90. The average Bonchev–Trinajstić information content (AvgIpc) is 2.91. The van der Waals surface area contributed by atoms with Crippen LogP contribution in [0.1, 0.15) is 18.5 Å². The van der Waals surface area contributed by atoms with E-state index in [2.05, 4.69) is 15.3 Å². The van der Waals surface area contributed by atoms with Gasteiger partial charge in [-0.05, 0) is 25.0 Å². The highest BCUT2D eigenvalue weighted by atomic mass is 16.5. The third kappa shape index (κ3) is 4.33. The fourth-order valence-corrected chi connectivity index (χ4v) is 1.91. The van der Waals surface area contributed by atoms with E-state index >= 15 is 0 Å². The number of rotatable bonds is 5. The van der Waals surface area contributed by atoms with E-state index in [4.69, 9.17) is 10.5 Å². The van der Waals surface area contributed by atoms with Crippen molar-refractivity contribution in [2.24, 2.45) is 10.7 Å². The van der Waals surface area contributed by atoms with E-state index in [0.717, 1.165) is 38.1 Å². The molecular formula is C13H20N4O. The van der Waals surface area contributed by atoms with Gasteiger partial charge in [0.15, 0.2) is 5.96 Å². The van der Waals surface area contributed by atoms with Crippen molar-refractivity contribution in [3.8, 4) is 0 Å². The molecule has 3 N–H and O–H groups in total. The average molecular weight is 248 g/mol. The molecule has 0 radical (unpaired) electrons. The molecule has 5 nitrogen and oxygen atoms in total. The number of nitrogens with zero attached hydrogens (tertiary/aromatic N) is 2. The van der Waals surface area contributed by atoms with Crippen molar-refractivity contribution in [2.75, 3.05) is 19.7 Å². The first-order chi connectivity index (χ1) is 8.84. The van der Waals surface area contributed by atoms with Gasteiger partial charge in [0, 0.05) is 31.5 Å². The SMILES string of the molecule is NC(=NCC1CCCO1)NCCc1ccccn1. The number of aliphatic imine (C=N–C) groups is 1. The van der Waals surface area contributed by atoms with Gasteiger partial charge >= 0.3 is 0 Å². The van der Waals surface area contributed by atoms with Crippen molar-refractivity contribution in [1.29, 1.82) is 0 Å². The summed E-state index contributed by atoms with van der Waals surface area (Å²) in [5.74, 6) is 0.487. The predicted octanol–water partition coefficient (Wildman–Crippen LogP) is 0.707. The van der Waals surface area contributed by atoms with Crippen molar-refractivity contribution in [3.63, 3.8) is 0 Å². The van der Waals surface area contributed by atoms with Crippen LogP contribution >= 0.6 is 0 Å². The van der Waals surface area contributed by atoms with E-state index in [-0.39, 0.29) is 6.10 Å². The molecule has 0 saturated carbocycles. The molecule has 1 aromatic heterocycles. The van der Waals surface area contributed by atoms with E-state index in [0.29, 0.717) is 12.5 Å². The quantitative estimate of drug-likeness (QED) is 0.594. The molecule has 1 atom stereocenters. The smallest absolute Gasteiger partial charge is 0.188 e. The van der Waals surface area contributed by atoms with Crippen LogP contribution in [0.3, 0.4) is 0 Å². The summed E-state index contributed by atoms with van der Waals surface area (Å²) >= 11 is 0. The number of pyridine rings is 1. The molecule has 5 heteroatoms. The van der Waals surface area contributed by atoms with E-state index in [9.17, 15) is 0 Å². The summed E-state index contributed by atoms with van der Waals surface area (Å²) in [6.07, 6.45) is 5.11. The summed E-state index contributed by atoms with van der Waals surface area (Å²) in [6.45, 7) is 2.26. The van der Waals surface area contributed by atoms with Crippen LogP contribution in [0.25, 0.3) is 0 Å². The highest BCUT2D eigenvalue weighted by Gasteiger charge is 2.14. The van der Waals surface area contributed by atoms with Crippen molar-refractivity contribution < 1.29 is 4.74 Å². The summed E-state index contributed by atoms with van der Waals surface area (Å²) in [5.41, 5.74) is 6.83. The molecule has 2 heterocycles. The van der Waals surface area contributed by atoms with Crippen molar-refractivity contribution in [2.45, 2.75) is 25.4 Å². The molecule has 1 saturated heterocycles. The van der Waals surface area contributed by atoms with Gasteiger partial charge in [0.05, 0.1) is 12.6 Å². The standard InChI is InChI=1S/C13H20N4O/c14-13(17-10-12-5-3-9-18-12)16-8-6-11-4-1-2-7-15-11/h1-2,4,7,12H,3,5-6,8-10H2,(H3,14,16,17). The minimum atomic E-state index is 0.251. The first-order valence-corrected chi connectivity index (χ1v) is 6.40. The zero-order chi connectivity index (χ0) is 12.6.